The minimum Gasteiger partial charge on any atom is -0.465 e. The van der Waals surface area contributed by atoms with Gasteiger partial charge in [0.15, 0.2) is 0 Å². The number of halogens is 1. The lowest BCUT2D eigenvalue weighted by molar-refractivity contribution is 0.0601. The van der Waals surface area contributed by atoms with Crippen LogP contribution >= 0.6 is 0 Å². The highest BCUT2D eigenvalue weighted by Gasteiger charge is 2.15. The Morgan fingerprint density at radius 2 is 1.70 bits per heavy atom. The largest absolute Gasteiger partial charge is 0.465 e. The predicted molar refractivity (Wildman–Crippen MR) is 105 cm³/mol. The van der Waals surface area contributed by atoms with Crippen LogP contribution in [0.2, 0.25) is 0 Å². The fraction of sp³-hybridized carbons (Fsp3) is 0.0870. The molecule has 0 atom stereocenters. The van der Waals surface area contributed by atoms with Gasteiger partial charge in [-0.15, -0.1) is 0 Å². The first-order valence-electron chi connectivity index (χ1n) is 8.64. The first-order valence-corrected chi connectivity index (χ1v) is 8.64. The molecule has 134 valence electrons. The second-order valence-corrected chi connectivity index (χ2v) is 6.43. The van der Waals surface area contributed by atoms with Crippen LogP contribution in [-0.2, 0) is 4.74 Å². The van der Waals surface area contributed by atoms with Crippen molar-refractivity contribution in [2.75, 3.05) is 7.11 Å². The number of carbonyl (C=O) groups is 1. The third kappa shape index (κ3) is 2.99. The van der Waals surface area contributed by atoms with Gasteiger partial charge in [0, 0.05) is 22.8 Å². The summed E-state index contributed by atoms with van der Waals surface area (Å²) in [5, 5.41) is 1.02. The van der Waals surface area contributed by atoms with Crippen LogP contribution in [0, 0.1) is 12.7 Å². The van der Waals surface area contributed by atoms with Crippen LogP contribution < -0.4 is 0 Å². The maximum atomic E-state index is 13.4. The summed E-state index contributed by atoms with van der Waals surface area (Å²) in [5.74, 6) is -0.675. The number of carbonyl (C=O) groups excluding carboxylic acids is 1. The fourth-order valence-corrected chi connectivity index (χ4v) is 3.38. The van der Waals surface area contributed by atoms with Crippen molar-refractivity contribution in [3.8, 4) is 16.8 Å². The molecule has 0 radical (unpaired) electrons. The van der Waals surface area contributed by atoms with Crippen LogP contribution in [0.4, 0.5) is 4.39 Å². The normalized spacial score (nSPS) is 10.9. The van der Waals surface area contributed by atoms with E-state index in [4.69, 9.17) is 4.74 Å². The molecule has 0 fully saturated rings. The number of ether oxygens (including phenoxy) is 1. The van der Waals surface area contributed by atoms with Gasteiger partial charge in [0.25, 0.3) is 0 Å². The van der Waals surface area contributed by atoms with E-state index >= 15 is 0 Å². The first-order chi connectivity index (χ1) is 13.1. The molecule has 0 aliphatic rings. The minimum absolute atomic E-state index is 0.287. The average Bonchev–Trinajstić information content (AvgIpc) is 3.07. The average molecular weight is 359 g/mol. The maximum absolute atomic E-state index is 13.4. The molecule has 27 heavy (non-hydrogen) atoms. The molecule has 3 aromatic carbocycles. The van der Waals surface area contributed by atoms with Crippen molar-refractivity contribution in [3.63, 3.8) is 0 Å². The molecule has 4 aromatic rings. The molecular weight excluding hydrogens is 341 g/mol. The molecule has 0 aliphatic carbocycles. The van der Waals surface area contributed by atoms with E-state index < -0.39 is 0 Å². The number of aryl methyl sites for hydroxylation is 1. The van der Waals surface area contributed by atoms with Crippen molar-refractivity contribution in [3.05, 3.63) is 89.9 Å². The second kappa shape index (κ2) is 6.72. The predicted octanol–water partition coefficient (Wildman–Crippen LogP) is 5.53. The van der Waals surface area contributed by atoms with E-state index in [-0.39, 0.29) is 11.8 Å². The highest BCUT2D eigenvalue weighted by atomic mass is 19.1. The molecule has 0 amide bonds. The molecule has 0 N–H and O–H groups in total. The summed E-state index contributed by atoms with van der Waals surface area (Å²) in [4.78, 5) is 12.0. The Hall–Kier alpha value is -3.40. The maximum Gasteiger partial charge on any atom is 0.337 e. The van der Waals surface area contributed by atoms with Crippen LogP contribution in [0.25, 0.3) is 27.7 Å². The molecular formula is C23H18FNO2. The molecule has 4 rings (SSSR count). The topological polar surface area (TPSA) is 31.2 Å². The molecule has 0 aliphatic heterocycles. The van der Waals surface area contributed by atoms with E-state index in [9.17, 15) is 9.18 Å². The summed E-state index contributed by atoms with van der Waals surface area (Å²) >= 11 is 0. The Balaban J connectivity index is 2.01. The number of nitrogens with zero attached hydrogens (tertiary/aromatic N) is 1. The van der Waals surface area contributed by atoms with Crippen LogP contribution in [0.1, 0.15) is 15.9 Å². The third-order valence-corrected chi connectivity index (χ3v) is 4.77. The van der Waals surface area contributed by atoms with Crippen LogP contribution in [0.3, 0.4) is 0 Å². The zero-order valence-electron chi connectivity index (χ0n) is 15.1. The highest BCUT2D eigenvalue weighted by Crippen LogP contribution is 2.35. The van der Waals surface area contributed by atoms with E-state index in [1.807, 2.05) is 35.0 Å². The van der Waals surface area contributed by atoms with Crippen molar-refractivity contribution < 1.29 is 13.9 Å². The van der Waals surface area contributed by atoms with Crippen molar-refractivity contribution in [2.45, 2.75) is 6.92 Å². The number of aromatic nitrogens is 1. The van der Waals surface area contributed by atoms with Crippen LogP contribution in [0.5, 0.6) is 0 Å². The Morgan fingerprint density at radius 1 is 0.963 bits per heavy atom. The van der Waals surface area contributed by atoms with Crippen LogP contribution in [0.15, 0.2) is 72.9 Å². The van der Waals surface area contributed by atoms with Gasteiger partial charge in [0.2, 0.25) is 0 Å². The van der Waals surface area contributed by atoms with Gasteiger partial charge in [-0.3, -0.25) is 0 Å². The smallest absolute Gasteiger partial charge is 0.337 e. The SMILES string of the molecule is COC(=O)c1ccc2c(-c3ccccc3C)cn(-c3ccc(F)cc3)c2c1. The summed E-state index contributed by atoms with van der Waals surface area (Å²) in [5.41, 5.74) is 5.50. The van der Waals surface area contributed by atoms with Crippen molar-refractivity contribution in [1.29, 1.82) is 0 Å². The molecule has 4 heteroatoms. The van der Waals surface area contributed by atoms with Gasteiger partial charge < -0.3 is 9.30 Å². The lowest BCUT2D eigenvalue weighted by Gasteiger charge is -2.06. The summed E-state index contributed by atoms with van der Waals surface area (Å²) < 4.78 is 20.2. The number of benzene rings is 3. The second-order valence-electron chi connectivity index (χ2n) is 6.43. The Labute approximate surface area is 156 Å². The highest BCUT2D eigenvalue weighted by molar-refractivity contribution is 6.01. The Kier molecular flexibility index (Phi) is 4.24. The van der Waals surface area contributed by atoms with Gasteiger partial charge in [-0.05, 0) is 54.4 Å². The molecule has 3 nitrogen and oxygen atoms in total. The first kappa shape index (κ1) is 17.0. The molecule has 1 aromatic heterocycles. The van der Waals surface area contributed by atoms with E-state index in [0.29, 0.717) is 5.56 Å². The van der Waals surface area contributed by atoms with Crippen molar-refractivity contribution >= 4 is 16.9 Å². The molecule has 1 heterocycles. The minimum atomic E-state index is -0.388. The zero-order valence-corrected chi connectivity index (χ0v) is 15.1. The van der Waals surface area contributed by atoms with E-state index in [1.54, 1.807) is 18.2 Å². The van der Waals surface area contributed by atoms with Gasteiger partial charge in [-0.2, -0.15) is 0 Å². The quantitative estimate of drug-likeness (QED) is 0.450. The summed E-state index contributed by atoms with van der Waals surface area (Å²) in [7, 11) is 1.37. The lowest BCUT2D eigenvalue weighted by Crippen LogP contribution is -2.01. The number of rotatable bonds is 3. The number of hydrogen-bond donors (Lipinski definition) is 0. The molecule has 0 spiro atoms. The third-order valence-electron chi connectivity index (χ3n) is 4.77. The van der Waals surface area contributed by atoms with Crippen molar-refractivity contribution in [2.24, 2.45) is 0 Å². The molecule has 0 bridgehead atoms. The van der Waals surface area contributed by atoms with Crippen LogP contribution in [-0.4, -0.2) is 17.6 Å². The number of hydrogen-bond acceptors (Lipinski definition) is 2. The van der Waals surface area contributed by atoms with E-state index in [0.717, 1.165) is 33.3 Å². The van der Waals surface area contributed by atoms with E-state index in [1.165, 1.54) is 19.2 Å². The van der Waals surface area contributed by atoms with Gasteiger partial charge in [-0.1, -0.05) is 30.3 Å². The molecule has 0 unspecified atom stereocenters. The Bertz CT molecular complexity index is 1140. The summed E-state index contributed by atoms with van der Waals surface area (Å²) in [6.07, 6.45) is 2.03. The van der Waals surface area contributed by atoms with Gasteiger partial charge in [0.1, 0.15) is 5.82 Å². The number of methoxy groups -OCH3 is 1. The summed E-state index contributed by atoms with van der Waals surface area (Å²) in [6.45, 7) is 2.07. The van der Waals surface area contributed by atoms with E-state index in [2.05, 4.69) is 19.1 Å². The van der Waals surface area contributed by atoms with Crippen molar-refractivity contribution in [1.82, 2.24) is 4.57 Å². The summed E-state index contributed by atoms with van der Waals surface area (Å²) in [6, 6.07) is 20.0. The Morgan fingerprint density at radius 3 is 2.41 bits per heavy atom. The molecule has 0 saturated carbocycles. The van der Waals surface area contributed by atoms with Gasteiger partial charge in [0.05, 0.1) is 18.2 Å². The van der Waals surface area contributed by atoms with Gasteiger partial charge >= 0.3 is 5.97 Å². The molecule has 0 saturated heterocycles. The van der Waals surface area contributed by atoms with Gasteiger partial charge in [-0.25, -0.2) is 9.18 Å². The standard InChI is InChI=1S/C23H18FNO2/c1-15-5-3-4-6-19(15)21-14-25(18-10-8-17(24)9-11-18)22-13-16(23(26)27-2)7-12-20(21)22/h3-14H,1-2H3. The number of esters is 1. The zero-order chi connectivity index (χ0) is 19.0. The number of fused-ring (bicyclic) bond motifs is 1. The fourth-order valence-electron chi connectivity index (χ4n) is 3.38. The lowest BCUT2D eigenvalue weighted by atomic mass is 9.99. The monoisotopic (exact) mass is 359 g/mol.